The van der Waals surface area contributed by atoms with Crippen LogP contribution in [-0.2, 0) is 25.8 Å². The van der Waals surface area contributed by atoms with Crippen molar-refractivity contribution in [3.8, 4) is 0 Å². The van der Waals surface area contributed by atoms with Crippen molar-refractivity contribution in [2.45, 2.75) is 83.4 Å². The molecule has 2 saturated carbocycles. The molecular formula is C35H47N5O6. The number of aromatic amines is 1. The number of likely N-dealkylation sites (tertiary alicyclic amines) is 1. The van der Waals surface area contributed by atoms with Crippen molar-refractivity contribution < 1.29 is 23.6 Å². The van der Waals surface area contributed by atoms with Crippen LogP contribution in [0.2, 0.25) is 0 Å². The van der Waals surface area contributed by atoms with Crippen LogP contribution in [0.3, 0.4) is 0 Å². The van der Waals surface area contributed by atoms with E-state index in [1.807, 2.05) is 42.5 Å². The number of carbonyl (C=O) groups excluding carboxylic acids is 3. The summed E-state index contributed by atoms with van der Waals surface area (Å²) in [6.07, 6.45) is 14.4. The fourth-order valence-electron chi connectivity index (χ4n) is 5.18. The molecule has 1 aliphatic heterocycles. The van der Waals surface area contributed by atoms with Gasteiger partial charge in [0.25, 0.3) is 0 Å². The molecule has 1 aromatic heterocycles. The third-order valence-corrected chi connectivity index (χ3v) is 8.06. The number of aromatic nitrogens is 1. The van der Waals surface area contributed by atoms with Crippen LogP contribution in [0.1, 0.15) is 70.3 Å². The lowest BCUT2D eigenvalue weighted by atomic mass is 10.2. The molecule has 46 heavy (non-hydrogen) atoms. The first-order chi connectivity index (χ1) is 22.4. The molecule has 11 nitrogen and oxygen atoms in total. The molecule has 2 heterocycles. The maximum atomic E-state index is 12.0. The highest BCUT2D eigenvalue weighted by molar-refractivity contribution is 5.88. The molecule has 3 unspecified atom stereocenters. The van der Waals surface area contributed by atoms with Crippen LogP contribution in [0.15, 0.2) is 76.0 Å². The van der Waals surface area contributed by atoms with Gasteiger partial charge in [0.2, 0.25) is 17.7 Å². The highest BCUT2D eigenvalue weighted by atomic mass is 16.7. The first-order valence-electron chi connectivity index (χ1n) is 16.4. The topological polar surface area (TPSA) is 160 Å². The summed E-state index contributed by atoms with van der Waals surface area (Å²) >= 11 is 0. The quantitative estimate of drug-likeness (QED) is 0.124. The van der Waals surface area contributed by atoms with Gasteiger partial charge in [0.15, 0.2) is 5.58 Å². The molecule has 5 N–H and O–H groups in total. The molecular weight excluding hydrogens is 586 g/mol. The number of H-pyrrole nitrogens is 1. The highest BCUT2D eigenvalue weighted by Crippen LogP contribution is 2.40. The van der Waals surface area contributed by atoms with E-state index >= 15 is 0 Å². The molecule has 0 bridgehead atoms. The lowest BCUT2D eigenvalue weighted by Crippen LogP contribution is -2.46. The minimum absolute atomic E-state index is 0.0581. The van der Waals surface area contributed by atoms with Crippen molar-refractivity contribution in [3.63, 3.8) is 0 Å². The Morgan fingerprint density at radius 1 is 1.07 bits per heavy atom. The first kappa shape index (κ1) is 34.6. The number of oxazole rings is 1. The fraction of sp³-hybridized carbons (Fsp3) is 0.486. The molecule has 2 aromatic carbocycles. The van der Waals surface area contributed by atoms with Gasteiger partial charge in [0.05, 0.1) is 18.2 Å². The summed E-state index contributed by atoms with van der Waals surface area (Å²) in [5.41, 5.74) is 10.3. The predicted molar refractivity (Wildman–Crippen MR) is 176 cm³/mol. The number of hydroxylamine groups is 1. The van der Waals surface area contributed by atoms with E-state index in [1.54, 1.807) is 17.0 Å². The molecule has 2 aliphatic carbocycles. The summed E-state index contributed by atoms with van der Waals surface area (Å²) in [6.45, 7) is 3.71. The number of nitrogens with two attached hydrogens (primary N) is 1. The first-order valence-corrected chi connectivity index (χ1v) is 16.4. The number of hydrogen-bond acceptors (Lipinski definition) is 7. The maximum absolute atomic E-state index is 12.0. The minimum Gasteiger partial charge on any atom is -0.408 e. The van der Waals surface area contributed by atoms with Crippen molar-refractivity contribution in [3.05, 3.63) is 82.9 Å². The van der Waals surface area contributed by atoms with Crippen molar-refractivity contribution >= 4 is 28.8 Å². The van der Waals surface area contributed by atoms with Gasteiger partial charge < -0.3 is 20.4 Å². The third kappa shape index (κ3) is 11.6. The zero-order valence-corrected chi connectivity index (χ0v) is 26.6. The van der Waals surface area contributed by atoms with Gasteiger partial charge in [-0.3, -0.25) is 24.2 Å². The van der Waals surface area contributed by atoms with Gasteiger partial charge >= 0.3 is 5.76 Å². The number of para-hydroxylation sites is 2. The molecule has 3 aromatic rings. The number of carbonyl (C=O) groups is 3. The van der Waals surface area contributed by atoms with Crippen LogP contribution in [0.4, 0.5) is 0 Å². The Kier molecular flexibility index (Phi) is 13.6. The number of rotatable bonds is 13. The average molecular weight is 634 g/mol. The molecule has 1 saturated heterocycles. The summed E-state index contributed by atoms with van der Waals surface area (Å²) in [6, 6.07) is 16.6. The van der Waals surface area contributed by atoms with Gasteiger partial charge in [0, 0.05) is 19.0 Å². The molecule has 3 amide bonds. The van der Waals surface area contributed by atoms with E-state index < -0.39 is 17.7 Å². The van der Waals surface area contributed by atoms with E-state index in [9.17, 15) is 19.2 Å². The van der Waals surface area contributed by atoms with Gasteiger partial charge in [-0.15, -0.1) is 0 Å². The lowest BCUT2D eigenvalue weighted by Gasteiger charge is -2.22. The number of primary amides is 1. The molecule has 248 valence electrons. The van der Waals surface area contributed by atoms with Crippen molar-refractivity contribution in [1.29, 1.82) is 0 Å². The van der Waals surface area contributed by atoms with E-state index in [4.69, 9.17) is 15.0 Å². The largest absolute Gasteiger partial charge is 0.417 e. The van der Waals surface area contributed by atoms with Gasteiger partial charge in [0.1, 0.15) is 6.04 Å². The molecule has 0 spiro atoms. The number of benzene rings is 2. The Labute approximate surface area is 269 Å². The normalized spacial score (nSPS) is 20.0. The Morgan fingerprint density at radius 3 is 2.54 bits per heavy atom. The lowest BCUT2D eigenvalue weighted by molar-refractivity contribution is -0.136. The number of fused-ring (bicyclic) bond motifs is 1. The standard InChI is InChI=1S/C14H19N3O2.C14H23NO2.C7H5NO2/c15-14(19)12-7-4-8-17(12)13(18)10-16-9-11-5-2-1-3-6-11;1-2-3-4-5-6-7-11-10-13(11)14(16)15-17-12-8-9-12;9-7-8-5-3-1-2-4-6(5)10-7/h1-3,5-6,12,16H,4,7-10H2,(H2,15,19);6-7,11-13H,2-5,8-10H2,1H3,(H,15,16);1-4H,(H,8,9)/b;7-6-;. The molecule has 11 heteroatoms. The van der Waals surface area contributed by atoms with Crippen molar-refractivity contribution in [2.75, 3.05) is 13.1 Å². The second-order valence-electron chi connectivity index (χ2n) is 12.0. The van der Waals surface area contributed by atoms with E-state index in [0.29, 0.717) is 37.1 Å². The van der Waals surface area contributed by atoms with Gasteiger partial charge in [-0.25, -0.2) is 10.3 Å². The van der Waals surface area contributed by atoms with Gasteiger partial charge in [-0.1, -0.05) is 74.4 Å². The summed E-state index contributed by atoms with van der Waals surface area (Å²) in [4.78, 5) is 54.7. The number of hydrogen-bond donors (Lipinski definition) is 4. The number of amides is 3. The van der Waals surface area contributed by atoms with Crippen LogP contribution in [-0.4, -0.2) is 52.8 Å². The van der Waals surface area contributed by atoms with Crippen molar-refractivity contribution in [1.82, 2.24) is 20.7 Å². The summed E-state index contributed by atoms with van der Waals surface area (Å²) in [7, 11) is 0. The van der Waals surface area contributed by atoms with E-state index in [0.717, 1.165) is 43.2 Å². The monoisotopic (exact) mass is 633 g/mol. The zero-order chi connectivity index (χ0) is 32.7. The second-order valence-corrected chi connectivity index (χ2v) is 12.0. The van der Waals surface area contributed by atoms with Crippen LogP contribution in [0, 0.1) is 11.8 Å². The Bertz CT molecular complexity index is 1450. The van der Waals surface area contributed by atoms with Crippen LogP contribution in [0.5, 0.6) is 0 Å². The summed E-state index contributed by atoms with van der Waals surface area (Å²) in [5, 5.41) is 3.09. The predicted octanol–water partition coefficient (Wildman–Crippen LogP) is 4.34. The average Bonchev–Trinajstić information content (AvgIpc) is 3.95. The van der Waals surface area contributed by atoms with Crippen LogP contribution in [0.25, 0.3) is 11.1 Å². The smallest absolute Gasteiger partial charge is 0.408 e. The Morgan fingerprint density at radius 2 is 1.83 bits per heavy atom. The minimum atomic E-state index is -0.425. The molecule has 6 rings (SSSR count). The second kappa shape index (κ2) is 18.1. The van der Waals surface area contributed by atoms with Crippen LogP contribution >= 0.6 is 0 Å². The van der Waals surface area contributed by atoms with Crippen molar-refractivity contribution in [2.24, 2.45) is 17.6 Å². The molecule has 0 radical (unpaired) electrons. The SMILES string of the molecule is CCCCC/C=C\C1CC1C(=O)NOC1CC1.NC(=O)C1CCCN1C(=O)CNCc1ccccc1.O=c1[nH]c2ccccc2o1. The zero-order valence-electron chi connectivity index (χ0n) is 26.6. The number of allylic oxidation sites excluding steroid dienone is 2. The number of nitrogens with one attached hydrogen (secondary N) is 3. The van der Waals surface area contributed by atoms with E-state index in [-0.39, 0.29) is 24.3 Å². The molecule has 3 aliphatic rings. The number of nitrogens with zero attached hydrogens (tertiary/aromatic N) is 1. The molecule has 3 atom stereocenters. The highest BCUT2D eigenvalue weighted by Gasteiger charge is 2.41. The number of unbranched alkanes of at least 4 members (excludes halogenated alkanes) is 3. The third-order valence-electron chi connectivity index (χ3n) is 8.06. The van der Waals surface area contributed by atoms with Crippen LogP contribution < -0.4 is 22.3 Å². The van der Waals surface area contributed by atoms with Gasteiger partial charge in [-0.05, 0) is 68.6 Å². The Balaban J connectivity index is 0.000000163. The molecule has 3 fully saturated rings. The fourth-order valence-corrected chi connectivity index (χ4v) is 5.18. The van der Waals surface area contributed by atoms with E-state index in [1.165, 1.54) is 19.3 Å². The van der Waals surface area contributed by atoms with Gasteiger partial charge in [-0.2, -0.15) is 0 Å². The Hall–Kier alpha value is -4.22. The van der Waals surface area contributed by atoms with E-state index in [2.05, 4.69) is 34.9 Å². The maximum Gasteiger partial charge on any atom is 0.417 e. The summed E-state index contributed by atoms with van der Waals surface area (Å²) < 4.78 is 4.76. The summed E-state index contributed by atoms with van der Waals surface area (Å²) in [5.74, 6) is -0.178.